The highest BCUT2D eigenvalue weighted by Gasteiger charge is 2.17. The average Bonchev–Trinajstić information content (AvgIpc) is 3.08. The molecule has 5 nitrogen and oxygen atoms in total. The zero-order valence-electron chi connectivity index (χ0n) is 13.8. The van der Waals surface area contributed by atoms with Crippen LogP contribution in [0.3, 0.4) is 0 Å². The molecule has 0 saturated carbocycles. The molecule has 3 N–H and O–H groups in total. The second kappa shape index (κ2) is 5.23. The Labute approximate surface area is 139 Å². The summed E-state index contributed by atoms with van der Waals surface area (Å²) < 4.78 is 0. The molecule has 3 heterocycles. The Morgan fingerprint density at radius 1 is 1.04 bits per heavy atom. The van der Waals surface area contributed by atoms with Gasteiger partial charge in [0.05, 0.1) is 17.1 Å². The maximum Gasteiger partial charge on any atom is 0.124 e. The first-order valence-corrected chi connectivity index (χ1v) is 7.85. The fourth-order valence-corrected chi connectivity index (χ4v) is 3.21. The van der Waals surface area contributed by atoms with Crippen molar-refractivity contribution >= 4 is 10.9 Å². The van der Waals surface area contributed by atoms with Crippen molar-refractivity contribution in [2.75, 3.05) is 0 Å². The molecule has 0 fully saturated rings. The minimum atomic E-state index is 0.225. The summed E-state index contributed by atoms with van der Waals surface area (Å²) in [5.74, 6) is 0.225. The molecule has 0 radical (unpaired) electrons. The summed E-state index contributed by atoms with van der Waals surface area (Å²) >= 11 is 0. The fraction of sp³-hybridized carbons (Fsp3) is 0.158. The molecule has 4 rings (SSSR count). The Balaban J connectivity index is 2.07. The molecular weight excluding hydrogens is 300 g/mol. The number of phenols is 1. The molecule has 1 aromatic carbocycles. The highest BCUT2D eigenvalue weighted by atomic mass is 16.3. The molecule has 0 aliphatic carbocycles. The number of aromatic nitrogens is 4. The fourth-order valence-electron chi connectivity index (χ4n) is 3.21. The molecule has 120 valence electrons. The van der Waals surface area contributed by atoms with Gasteiger partial charge in [-0.15, -0.1) is 0 Å². The van der Waals surface area contributed by atoms with E-state index in [2.05, 4.69) is 21.2 Å². The van der Waals surface area contributed by atoms with Gasteiger partial charge in [0.2, 0.25) is 0 Å². The quantitative estimate of drug-likeness (QED) is 0.517. The van der Waals surface area contributed by atoms with Crippen molar-refractivity contribution in [2.24, 2.45) is 0 Å². The number of benzene rings is 1. The summed E-state index contributed by atoms with van der Waals surface area (Å²) in [6.45, 7) is 5.97. The summed E-state index contributed by atoms with van der Waals surface area (Å²) in [4.78, 5) is 8.25. The number of hydrogen-bond acceptors (Lipinski definition) is 3. The Morgan fingerprint density at radius 3 is 2.54 bits per heavy atom. The van der Waals surface area contributed by atoms with Gasteiger partial charge >= 0.3 is 0 Å². The van der Waals surface area contributed by atoms with Crippen LogP contribution in [-0.4, -0.2) is 25.3 Å². The van der Waals surface area contributed by atoms with E-state index in [4.69, 9.17) is 4.98 Å². The van der Waals surface area contributed by atoms with Crippen LogP contribution in [0, 0.1) is 20.8 Å². The summed E-state index contributed by atoms with van der Waals surface area (Å²) in [6, 6.07) is 11.4. The van der Waals surface area contributed by atoms with Crippen LogP contribution in [0.5, 0.6) is 5.75 Å². The van der Waals surface area contributed by atoms with Crippen LogP contribution >= 0.6 is 0 Å². The summed E-state index contributed by atoms with van der Waals surface area (Å²) in [7, 11) is 0. The van der Waals surface area contributed by atoms with Crippen molar-refractivity contribution in [2.45, 2.75) is 20.8 Å². The number of nitrogens with one attached hydrogen (secondary N) is 2. The molecule has 0 aliphatic heterocycles. The lowest BCUT2D eigenvalue weighted by Crippen LogP contribution is -1.92. The maximum atomic E-state index is 10.3. The van der Waals surface area contributed by atoms with Crippen molar-refractivity contribution in [1.82, 2.24) is 20.2 Å². The van der Waals surface area contributed by atoms with Crippen LogP contribution in [0.25, 0.3) is 33.4 Å². The van der Waals surface area contributed by atoms with Crippen molar-refractivity contribution in [3.63, 3.8) is 0 Å². The molecule has 24 heavy (non-hydrogen) atoms. The second-order valence-electron chi connectivity index (χ2n) is 6.10. The molecule has 0 aliphatic rings. The SMILES string of the molecule is Cc1cc2c(-c3ccccc3O)nc(-c3c(C)n[nH]c3C)cc2[nH]1. The molecule has 5 heteroatoms. The van der Waals surface area contributed by atoms with E-state index < -0.39 is 0 Å². The summed E-state index contributed by atoms with van der Waals surface area (Å²) in [6.07, 6.45) is 0. The second-order valence-corrected chi connectivity index (χ2v) is 6.10. The molecule has 4 aromatic rings. The Hall–Kier alpha value is -3.08. The van der Waals surface area contributed by atoms with Crippen molar-refractivity contribution in [1.29, 1.82) is 0 Å². The average molecular weight is 318 g/mol. The lowest BCUT2D eigenvalue weighted by molar-refractivity contribution is 0.477. The van der Waals surface area contributed by atoms with E-state index in [1.165, 1.54) is 0 Å². The van der Waals surface area contributed by atoms with Gasteiger partial charge in [0.25, 0.3) is 0 Å². The lowest BCUT2D eigenvalue weighted by atomic mass is 10.0. The van der Waals surface area contributed by atoms with Gasteiger partial charge in [-0.05, 0) is 45.0 Å². The van der Waals surface area contributed by atoms with Crippen LogP contribution in [0.1, 0.15) is 17.1 Å². The molecule has 0 unspecified atom stereocenters. The van der Waals surface area contributed by atoms with E-state index in [1.54, 1.807) is 6.07 Å². The van der Waals surface area contributed by atoms with Gasteiger partial charge in [0, 0.05) is 33.4 Å². The van der Waals surface area contributed by atoms with Crippen molar-refractivity contribution in [3.05, 3.63) is 53.5 Å². The predicted octanol–water partition coefficient (Wildman–Crippen LogP) is 4.25. The number of fused-ring (bicyclic) bond motifs is 1. The third-order valence-corrected chi connectivity index (χ3v) is 4.29. The van der Waals surface area contributed by atoms with Crippen LogP contribution in [0.4, 0.5) is 0 Å². The highest BCUT2D eigenvalue weighted by molar-refractivity contribution is 5.97. The molecule has 0 bridgehead atoms. The predicted molar refractivity (Wildman–Crippen MR) is 95.0 cm³/mol. The standard InChI is InChI=1S/C19H18N4O/c1-10-8-14-15(20-10)9-16(18-11(2)22-23-12(18)3)21-19(14)13-6-4-5-7-17(13)24/h4-9,20,24H,1-3H3,(H,22,23). The van der Waals surface area contributed by atoms with Gasteiger partial charge in [-0.1, -0.05) is 12.1 Å². The summed E-state index contributed by atoms with van der Waals surface area (Å²) in [5, 5.41) is 18.6. The van der Waals surface area contributed by atoms with Crippen LogP contribution < -0.4 is 0 Å². The third kappa shape index (κ3) is 2.17. The molecular formula is C19H18N4O. The topological polar surface area (TPSA) is 77.6 Å². The minimum Gasteiger partial charge on any atom is -0.507 e. The number of pyridine rings is 1. The Bertz CT molecular complexity index is 1040. The number of rotatable bonds is 2. The number of aromatic amines is 2. The van der Waals surface area contributed by atoms with E-state index in [0.29, 0.717) is 0 Å². The normalized spacial score (nSPS) is 11.3. The number of para-hydroxylation sites is 1. The smallest absolute Gasteiger partial charge is 0.124 e. The largest absolute Gasteiger partial charge is 0.507 e. The minimum absolute atomic E-state index is 0.225. The van der Waals surface area contributed by atoms with Crippen LogP contribution in [0.15, 0.2) is 36.4 Å². The van der Waals surface area contributed by atoms with Crippen LogP contribution in [0.2, 0.25) is 0 Å². The molecule has 0 amide bonds. The number of phenolic OH excluding ortho intramolecular Hbond substituents is 1. The zero-order chi connectivity index (χ0) is 16.8. The molecule has 3 aromatic heterocycles. The van der Waals surface area contributed by atoms with E-state index in [1.807, 2.05) is 45.0 Å². The summed E-state index contributed by atoms with van der Waals surface area (Å²) in [5.41, 5.74) is 7.27. The number of aromatic hydroxyl groups is 1. The van der Waals surface area contributed by atoms with Gasteiger partial charge in [-0.2, -0.15) is 5.10 Å². The highest BCUT2D eigenvalue weighted by Crippen LogP contribution is 2.36. The first kappa shape index (κ1) is 14.5. The van der Waals surface area contributed by atoms with E-state index in [0.717, 1.165) is 50.5 Å². The van der Waals surface area contributed by atoms with E-state index in [9.17, 15) is 5.11 Å². The van der Waals surface area contributed by atoms with Crippen molar-refractivity contribution < 1.29 is 5.11 Å². The van der Waals surface area contributed by atoms with Gasteiger partial charge in [0.15, 0.2) is 0 Å². The number of hydrogen-bond donors (Lipinski definition) is 3. The zero-order valence-corrected chi connectivity index (χ0v) is 13.8. The number of nitrogens with zero attached hydrogens (tertiary/aromatic N) is 2. The van der Waals surface area contributed by atoms with Gasteiger partial charge in [0.1, 0.15) is 5.75 Å². The van der Waals surface area contributed by atoms with E-state index in [-0.39, 0.29) is 5.75 Å². The molecule has 0 spiro atoms. The molecule has 0 atom stereocenters. The number of aryl methyl sites for hydroxylation is 3. The number of H-pyrrole nitrogens is 2. The van der Waals surface area contributed by atoms with Crippen LogP contribution in [-0.2, 0) is 0 Å². The Kier molecular flexibility index (Phi) is 3.16. The van der Waals surface area contributed by atoms with Gasteiger partial charge in [-0.3, -0.25) is 5.10 Å². The van der Waals surface area contributed by atoms with Gasteiger partial charge < -0.3 is 10.1 Å². The first-order valence-electron chi connectivity index (χ1n) is 7.85. The Morgan fingerprint density at radius 2 is 1.83 bits per heavy atom. The van der Waals surface area contributed by atoms with Crippen molar-refractivity contribution in [3.8, 4) is 28.3 Å². The first-order chi connectivity index (χ1) is 11.5. The lowest BCUT2D eigenvalue weighted by Gasteiger charge is -2.09. The van der Waals surface area contributed by atoms with Gasteiger partial charge in [-0.25, -0.2) is 4.98 Å². The third-order valence-electron chi connectivity index (χ3n) is 4.29. The van der Waals surface area contributed by atoms with E-state index >= 15 is 0 Å². The monoisotopic (exact) mass is 318 g/mol. The molecule has 0 saturated heterocycles. The maximum absolute atomic E-state index is 10.3.